The molecular weight excluding hydrogens is 484 g/mol. The normalized spacial score (nSPS) is 11.4. The Morgan fingerprint density at radius 3 is 1.74 bits per heavy atom. The first kappa shape index (κ1) is 30.9. The molecule has 2 aromatic rings. The number of hydrogen-bond donors (Lipinski definition) is 0. The quantitative estimate of drug-likeness (QED) is 0.0886. The lowest BCUT2D eigenvalue weighted by atomic mass is 10.1. The molecule has 0 saturated heterocycles. The lowest BCUT2D eigenvalue weighted by molar-refractivity contribution is 0.0319. The largest absolute Gasteiger partial charge is 0.513 e. The van der Waals surface area contributed by atoms with Gasteiger partial charge in [0.05, 0.1) is 23.8 Å². The predicted octanol–water partition coefficient (Wildman–Crippen LogP) is 8.30. The molecule has 208 valence electrons. The van der Waals surface area contributed by atoms with E-state index in [4.69, 9.17) is 18.9 Å². The maximum Gasteiger partial charge on any atom is 0.513 e. The molecule has 1 atom stereocenters. The highest BCUT2D eigenvalue weighted by atomic mass is 16.7. The third-order valence-electron chi connectivity index (χ3n) is 6.08. The van der Waals surface area contributed by atoms with Gasteiger partial charge in [-0.05, 0) is 74.7 Å². The van der Waals surface area contributed by atoms with E-state index in [1.165, 1.54) is 56.4 Å². The molecule has 0 aliphatic carbocycles. The number of hydrogen-bond acceptors (Lipinski definition) is 7. The van der Waals surface area contributed by atoms with Gasteiger partial charge in [-0.3, -0.25) is 0 Å². The fourth-order valence-electron chi connectivity index (χ4n) is 3.82. The number of rotatable bonds is 17. The number of unbranched alkanes of at least 4 members (excludes halogenated alkanes) is 8. The zero-order valence-electron chi connectivity index (χ0n) is 23.0. The summed E-state index contributed by atoms with van der Waals surface area (Å²) in [5.41, 5.74) is 0.688. The van der Waals surface area contributed by atoms with Crippen LogP contribution in [0.5, 0.6) is 11.5 Å². The second-order valence-electron chi connectivity index (χ2n) is 9.47. The third kappa shape index (κ3) is 12.3. The summed E-state index contributed by atoms with van der Waals surface area (Å²) in [5, 5.41) is 0. The second kappa shape index (κ2) is 18.0. The first-order valence-corrected chi connectivity index (χ1v) is 13.9. The molecule has 0 heterocycles. The zero-order valence-corrected chi connectivity index (χ0v) is 23.0. The van der Waals surface area contributed by atoms with E-state index >= 15 is 0 Å². The van der Waals surface area contributed by atoms with Crippen LogP contribution >= 0.6 is 0 Å². The van der Waals surface area contributed by atoms with E-state index in [1.54, 1.807) is 24.3 Å². The van der Waals surface area contributed by atoms with Crippen molar-refractivity contribution in [3.8, 4) is 11.5 Å². The van der Waals surface area contributed by atoms with Crippen molar-refractivity contribution in [1.82, 2.24) is 0 Å². The highest BCUT2D eigenvalue weighted by Crippen LogP contribution is 2.18. The standard InChI is InChI=1S/C31H42O7/c1-4-6-8-10-11-13-23-35-31(34)38-28-21-17-26(18-22-28)30(33)37-27-19-15-25(16-20-27)29(32)36-24(3)14-12-9-7-5-2/h15-22,24H,4-14,23H2,1-3H3. The Labute approximate surface area is 226 Å². The maximum atomic E-state index is 12.5. The van der Waals surface area contributed by atoms with Gasteiger partial charge in [0.2, 0.25) is 0 Å². The minimum absolute atomic E-state index is 0.147. The van der Waals surface area contributed by atoms with Gasteiger partial charge in [-0.2, -0.15) is 0 Å². The number of carbonyl (C=O) groups is 3. The molecule has 0 aliphatic rings. The van der Waals surface area contributed by atoms with Crippen molar-refractivity contribution in [3.05, 3.63) is 59.7 Å². The van der Waals surface area contributed by atoms with Gasteiger partial charge in [0.1, 0.15) is 11.5 Å². The van der Waals surface area contributed by atoms with Crippen molar-refractivity contribution in [1.29, 1.82) is 0 Å². The molecule has 0 N–H and O–H groups in total. The zero-order chi connectivity index (χ0) is 27.6. The summed E-state index contributed by atoms with van der Waals surface area (Å²) in [5.74, 6) is -0.389. The van der Waals surface area contributed by atoms with Crippen molar-refractivity contribution < 1.29 is 33.3 Å². The van der Waals surface area contributed by atoms with E-state index in [0.29, 0.717) is 17.9 Å². The molecule has 0 saturated carbocycles. The van der Waals surface area contributed by atoms with Gasteiger partial charge in [0.15, 0.2) is 0 Å². The Morgan fingerprint density at radius 2 is 1.13 bits per heavy atom. The van der Waals surface area contributed by atoms with Crippen molar-refractivity contribution in [2.75, 3.05) is 6.61 Å². The van der Waals surface area contributed by atoms with Gasteiger partial charge in [0, 0.05) is 0 Å². The SMILES string of the molecule is CCCCCCCCOC(=O)Oc1ccc(C(=O)Oc2ccc(C(=O)OC(C)CCCCCC)cc2)cc1. The fourth-order valence-corrected chi connectivity index (χ4v) is 3.82. The van der Waals surface area contributed by atoms with Gasteiger partial charge in [-0.15, -0.1) is 0 Å². The molecule has 7 nitrogen and oxygen atoms in total. The summed E-state index contributed by atoms with van der Waals surface area (Å²) in [7, 11) is 0. The average molecular weight is 527 g/mol. The summed E-state index contributed by atoms with van der Waals surface area (Å²) in [6, 6.07) is 12.3. The molecule has 0 spiro atoms. The van der Waals surface area contributed by atoms with Gasteiger partial charge < -0.3 is 18.9 Å². The smallest absolute Gasteiger partial charge is 0.459 e. The van der Waals surface area contributed by atoms with Crippen LogP contribution in [0, 0.1) is 0 Å². The molecule has 0 aromatic heterocycles. The van der Waals surface area contributed by atoms with Crippen LogP contribution < -0.4 is 9.47 Å². The lowest BCUT2D eigenvalue weighted by Crippen LogP contribution is -2.15. The van der Waals surface area contributed by atoms with Gasteiger partial charge in [-0.1, -0.05) is 65.2 Å². The molecule has 0 bridgehead atoms. The van der Waals surface area contributed by atoms with Gasteiger partial charge in [0.25, 0.3) is 0 Å². The first-order valence-electron chi connectivity index (χ1n) is 13.9. The van der Waals surface area contributed by atoms with E-state index in [-0.39, 0.29) is 17.4 Å². The van der Waals surface area contributed by atoms with Crippen LogP contribution in [0.4, 0.5) is 4.79 Å². The highest BCUT2D eigenvalue weighted by Gasteiger charge is 2.14. The summed E-state index contributed by atoms with van der Waals surface area (Å²) in [4.78, 5) is 36.7. The van der Waals surface area contributed by atoms with Crippen LogP contribution in [0.2, 0.25) is 0 Å². The molecule has 2 rings (SSSR count). The van der Waals surface area contributed by atoms with E-state index in [9.17, 15) is 14.4 Å². The monoisotopic (exact) mass is 526 g/mol. The minimum atomic E-state index is -0.765. The van der Waals surface area contributed by atoms with Crippen LogP contribution in [0.15, 0.2) is 48.5 Å². The van der Waals surface area contributed by atoms with E-state index in [2.05, 4.69) is 13.8 Å². The topological polar surface area (TPSA) is 88.1 Å². The number of ether oxygens (including phenoxy) is 4. The minimum Gasteiger partial charge on any atom is -0.459 e. The molecule has 0 amide bonds. The number of carbonyl (C=O) groups excluding carboxylic acids is 3. The van der Waals surface area contributed by atoms with Crippen molar-refractivity contribution in [2.45, 2.75) is 97.5 Å². The van der Waals surface area contributed by atoms with E-state index in [1.807, 2.05) is 6.92 Å². The lowest BCUT2D eigenvalue weighted by Gasteiger charge is -2.13. The Hall–Kier alpha value is -3.35. The molecule has 0 radical (unpaired) electrons. The Bertz CT molecular complexity index is 967. The van der Waals surface area contributed by atoms with Crippen LogP contribution in [-0.4, -0.2) is 30.8 Å². The molecule has 1 unspecified atom stereocenters. The van der Waals surface area contributed by atoms with Crippen molar-refractivity contribution >= 4 is 18.1 Å². The average Bonchev–Trinajstić information content (AvgIpc) is 2.91. The molecule has 38 heavy (non-hydrogen) atoms. The summed E-state index contributed by atoms with van der Waals surface area (Å²) in [6.07, 6.45) is 11.1. The molecule has 0 aliphatic heterocycles. The fraction of sp³-hybridized carbons (Fsp3) is 0.516. The number of esters is 2. The van der Waals surface area contributed by atoms with Crippen molar-refractivity contribution in [2.24, 2.45) is 0 Å². The summed E-state index contributed by atoms with van der Waals surface area (Å²) in [6.45, 7) is 6.55. The number of benzene rings is 2. The van der Waals surface area contributed by atoms with Crippen LogP contribution in [-0.2, 0) is 9.47 Å². The first-order chi connectivity index (χ1) is 18.4. The second-order valence-corrected chi connectivity index (χ2v) is 9.47. The predicted molar refractivity (Wildman–Crippen MR) is 147 cm³/mol. The van der Waals surface area contributed by atoms with Gasteiger partial charge >= 0.3 is 18.1 Å². The molecular formula is C31H42O7. The molecule has 0 fully saturated rings. The van der Waals surface area contributed by atoms with Crippen LogP contribution in [0.25, 0.3) is 0 Å². The Morgan fingerprint density at radius 1 is 0.632 bits per heavy atom. The molecule has 7 heteroatoms. The van der Waals surface area contributed by atoms with E-state index in [0.717, 1.165) is 38.5 Å². The third-order valence-corrected chi connectivity index (χ3v) is 6.08. The van der Waals surface area contributed by atoms with E-state index < -0.39 is 18.1 Å². The summed E-state index contributed by atoms with van der Waals surface area (Å²) < 4.78 is 21.1. The maximum absolute atomic E-state index is 12.5. The van der Waals surface area contributed by atoms with Crippen LogP contribution in [0.1, 0.15) is 112 Å². The van der Waals surface area contributed by atoms with Gasteiger partial charge in [-0.25, -0.2) is 14.4 Å². The summed E-state index contributed by atoms with van der Waals surface area (Å²) >= 11 is 0. The highest BCUT2D eigenvalue weighted by molar-refractivity contribution is 5.92. The van der Waals surface area contributed by atoms with Crippen LogP contribution in [0.3, 0.4) is 0 Å². The Kier molecular flexibility index (Phi) is 14.6. The molecule has 2 aromatic carbocycles. The van der Waals surface area contributed by atoms with Crippen molar-refractivity contribution in [3.63, 3.8) is 0 Å². The Balaban J connectivity index is 1.74.